The van der Waals surface area contributed by atoms with Crippen molar-refractivity contribution in [2.45, 2.75) is 58.3 Å². The number of carbonyl (C=O) groups is 2. The molecule has 142 valence electrons. The fraction of sp³-hybridized carbons (Fsp3) is 0.391. The molecule has 0 fully saturated rings. The van der Waals surface area contributed by atoms with E-state index < -0.39 is 5.97 Å². The van der Waals surface area contributed by atoms with Crippen molar-refractivity contribution < 1.29 is 14.7 Å². The number of carboxylic acid groups (broad SMARTS) is 1. The van der Waals surface area contributed by atoms with Crippen LogP contribution in [0.15, 0.2) is 36.4 Å². The van der Waals surface area contributed by atoms with Crippen LogP contribution in [0.25, 0.3) is 0 Å². The van der Waals surface area contributed by atoms with Gasteiger partial charge in [0, 0.05) is 11.3 Å². The molecule has 0 radical (unpaired) electrons. The minimum Gasteiger partial charge on any atom is -0.545 e. The molecule has 0 unspecified atom stereocenters. The highest BCUT2D eigenvalue weighted by atomic mass is 16.4. The molecule has 0 spiro atoms. The van der Waals surface area contributed by atoms with Crippen molar-refractivity contribution in [1.82, 2.24) is 0 Å². The molecule has 0 bridgehead atoms. The van der Waals surface area contributed by atoms with Crippen molar-refractivity contribution in [2.75, 3.05) is 5.32 Å². The van der Waals surface area contributed by atoms with E-state index in [1.165, 1.54) is 23.3 Å². The van der Waals surface area contributed by atoms with E-state index >= 15 is 0 Å². The molecule has 0 aromatic heterocycles. The summed E-state index contributed by atoms with van der Waals surface area (Å²) in [6.45, 7) is 10.7. The molecule has 2 aromatic carbocycles. The van der Waals surface area contributed by atoms with Crippen LogP contribution in [0.5, 0.6) is 0 Å². The molecule has 1 amide bonds. The molecule has 2 aromatic rings. The molecule has 1 aliphatic rings. The number of amides is 1. The fourth-order valence-corrected chi connectivity index (χ4v) is 3.86. The first-order chi connectivity index (χ1) is 12.5. The van der Waals surface area contributed by atoms with E-state index in [1.54, 1.807) is 13.0 Å². The monoisotopic (exact) mass is 364 g/mol. The van der Waals surface area contributed by atoms with Gasteiger partial charge in [0.05, 0.1) is 5.97 Å². The first-order valence-corrected chi connectivity index (χ1v) is 9.30. The van der Waals surface area contributed by atoms with Crippen LogP contribution in [-0.2, 0) is 10.8 Å². The maximum atomic E-state index is 12.8. The molecule has 4 heteroatoms. The van der Waals surface area contributed by atoms with Gasteiger partial charge in [0.25, 0.3) is 5.91 Å². The Bertz CT molecular complexity index is 925. The lowest BCUT2D eigenvalue weighted by Gasteiger charge is -2.42. The Labute approximate surface area is 160 Å². The summed E-state index contributed by atoms with van der Waals surface area (Å²) >= 11 is 0. The lowest BCUT2D eigenvalue weighted by molar-refractivity contribution is -0.255. The summed E-state index contributed by atoms with van der Waals surface area (Å²) in [6, 6.07) is 10.5. The van der Waals surface area contributed by atoms with E-state index in [1.807, 2.05) is 12.1 Å². The van der Waals surface area contributed by atoms with E-state index in [2.05, 4.69) is 39.1 Å². The third kappa shape index (κ3) is 3.61. The predicted molar refractivity (Wildman–Crippen MR) is 105 cm³/mol. The molecular weight excluding hydrogens is 338 g/mol. The van der Waals surface area contributed by atoms with Crippen molar-refractivity contribution in [1.29, 1.82) is 0 Å². The molecule has 0 aliphatic heterocycles. The highest BCUT2D eigenvalue weighted by Crippen LogP contribution is 2.45. The van der Waals surface area contributed by atoms with Gasteiger partial charge in [0.2, 0.25) is 0 Å². The fourth-order valence-electron chi connectivity index (χ4n) is 3.86. The highest BCUT2D eigenvalue weighted by Gasteiger charge is 2.37. The van der Waals surface area contributed by atoms with Crippen LogP contribution in [0.2, 0.25) is 0 Å². The van der Waals surface area contributed by atoms with E-state index in [0.717, 1.165) is 12.8 Å². The Morgan fingerprint density at radius 1 is 0.889 bits per heavy atom. The van der Waals surface area contributed by atoms with Crippen LogP contribution >= 0.6 is 0 Å². The van der Waals surface area contributed by atoms with Gasteiger partial charge in [-0.15, -0.1) is 0 Å². The van der Waals surface area contributed by atoms with Gasteiger partial charge in [0.15, 0.2) is 0 Å². The molecule has 3 rings (SSSR count). The zero-order valence-corrected chi connectivity index (χ0v) is 16.6. The molecule has 0 saturated carbocycles. The quantitative estimate of drug-likeness (QED) is 0.896. The standard InChI is InChI=1S/C23H27NO3/c1-14-12-16(21(26)27)7-9-19(14)24-20(25)15-6-8-17-18(13-15)23(4,5)11-10-22(17,2)3/h6-9,12-13H,10-11H2,1-5H3,(H,24,25)(H,26,27)/p-1. The maximum Gasteiger partial charge on any atom is 0.255 e. The zero-order valence-electron chi connectivity index (χ0n) is 16.6. The number of carbonyl (C=O) groups excluding carboxylic acids is 2. The van der Waals surface area contributed by atoms with E-state index in [-0.39, 0.29) is 22.3 Å². The van der Waals surface area contributed by atoms with E-state index in [9.17, 15) is 14.7 Å². The molecule has 1 aliphatic carbocycles. The Hall–Kier alpha value is -2.62. The van der Waals surface area contributed by atoms with Crippen molar-refractivity contribution >= 4 is 17.6 Å². The third-order valence-electron chi connectivity index (χ3n) is 5.83. The second-order valence-corrected chi connectivity index (χ2v) is 8.80. The number of aryl methyl sites for hydroxylation is 1. The number of aromatic carboxylic acids is 1. The summed E-state index contributed by atoms with van der Waals surface area (Å²) in [6.07, 6.45) is 2.21. The summed E-state index contributed by atoms with van der Waals surface area (Å²) in [4.78, 5) is 23.8. The lowest BCUT2D eigenvalue weighted by Crippen LogP contribution is -2.34. The summed E-state index contributed by atoms with van der Waals surface area (Å²) < 4.78 is 0. The molecule has 0 heterocycles. The number of nitrogens with one attached hydrogen (secondary N) is 1. The Morgan fingerprint density at radius 3 is 2.07 bits per heavy atom. The topological polar surface area (TPSA) is 69.2 Å². The smallest absolute Gasteiger partial charge is 0.255 e. The Balaban J connectivity index is 1.92. The molecule has 27 heavy (non-hydrogen) atoms. The summed E-state index contributed by atoms with van der Waals surface area (Å²) in [5.41, 5.74) is 4.68. The average Bonchev–Trinajstić information content (AvgIpc) is 2.60. The second-order valence-electron chi connectivity index (χ2n) is 8.80. The van der Waals surface area contributed by atoms with Crippen molar-refractivity contribution in [3.05, 3.63) is 64.2 Å². The SMILES string of the molecule is Cc1cc(C(=O)[O-])ccc1NC(=O)c1ccc2c(c1)C(C)(C)CCC2(C)C. The summed E-state index contributed by atoms with van der Waals surface area (Å²) in [7, 11) is 0. The molecule has 4 nitrogen and oxygen atoms in total. The van der Waals surface area contributed by atoms with E-state index in [0.29, 0.717) is 16.8 Å². The summed E-state index contributed by atoms with van der Waals surface area (Å²) in [5.74, 6) is -1.42. The molecule has 0 saturated heterocycles. The normalized spacial score (nSPS) is 17.1. The predicted octanol–water partition coefficient (Wildman–Crippen LogP) is 3.96. The zero-order chi connectivity index (χ0) is 20.0. The highest BCUT2D eigenvalue weighted by molar-refractivity contribution is 6.05. The lowest BCUT2D eigenvalue weighted by atomic mass is 9.63. The van der Waals surface area contributed by atoms with Gasteiger partial charge >= 0.3 is 0 Å². The van der Waals surface area contributed by atoms with Gasteiger partial charge in [-0.25, -0.2) is 0 Å². The van der Waals surface area contributed by atoms with Crippen LogP contribution in [0.1, 0.15) is 77.9 Å². The van der Waals surface area contributed by atoms with Crippen LogP contribution in [0, 0.1) is 6.92 Å². The first kappa shape index (κ1) is 19.2. The Morgan fingerprint density at radius 2 is 1.48 bits per heavy atom. The van der Waals surface area contributed by atoms with Crippen LogP contribution in [0.3, 0.4) is 0 Å². The van der Waals surface area contributed by atoms with Gasteiger partial charge in [-0.2, -0.15) is 0 Å². The largest absolute Gasteiger partial charge is 0.545 e. The number of hydrogen-bond acceptors (Lipinski definition) is 3. The molecule has 1 N–H and O–H groups in total. The van der Waals surface area contributed by atoms with Crippen molar-refractivity contribution in [3.8, 4) is 0 Å². The average molecular weight is 364 g/mol. The number of anilines is 1. The minimum atomic E-state index is -1.23. The van der Waals surface area contributed by atoms with Gasteiger partial charge < -0.3 is 15.2 Å². The Kier molecular flexibility index (Phi) is 4.62. The second kappa shape index (κ2) is 6.52. The number of carboxylic acids is 1. The molecular formula is C23H26NO3-. The first-order valence-electron chi connectivity index (χ1n) is 9.30. The van der Waals surface area contributed by atoms with Crippen LogP contribution in [-0.4, -0.2) is 11.9 Å². The van der Waals surface area contributed by atoms with Crippen molar-refractivity contribution in [3.63, 3.8) is 0 Å². The summed E-state index contributed by atoms with van der Waals surface area (Å²) in [5, 5.41) is 13.9. The molecule has 0 atom stereocenters. The van der Waals surface area contributed by atoms with Gasteiger partial charge in [-0.05, 0) is 77.1 Å². The van der Waals surface area contributed by atoms with Gasteiger partial charge in [-0.1, -0.05) is 39.8 Å². The van der Waals surface area contributed by atoms with Gasteiger partial charge in [0.1, 0.15) is 0 Å². The van der Waals surface area contributed by atoms with Crippen LogP contribution in [0.4, 0.5) is 5.69 Å². The number of fused-ring (bicyclic) bond motifs is 1. The number of hydrogen-bond donors (Lipinski definition) is 1. The number of rotatable bonds is 3. The minimum absolute atomic E-state index is 0.0349. The van der Waals surface area contributed by atoms with Crippen molar-refractivity contribution in [2.24, 2.45) is 0 Å². The van der Waals surface area contributed by atoms with E-state index in [4.69, 9.17) is 0 Å². The van der Waals surface area contributed by atoms with Gasteiger partial charge in [-0.3, -0.25) is 4.79 Å². The number of benzene rings is 2. The third-order valence-corrected chi connectivity index (χ3v) is 5.83. The maximum absolute atomic E-state index is 12.8. The van der Waals surface area contributed by atoms with Crippen LogP contribution < -0.4 is 10.4 Å².